The zero-order valence-corrected chi connectivity index (χ0v) is 12.9. The molecule has 0 aliphatic carbocycles. The van der Waals surface area contributed by atoms with Crippen molar-refractivity contribution in [1.29, 1.82) is 0 Å². The number of hydrogen-bond donors (Lipinski definition) is 1. The third-order valence-electron chi connectivity index (χ3n) is 4.98. The van der Waals surface area contributed by atoms with Gasteiger partial charge in [-0.15, -0.1) is 0 Å². The van der Waals surface area contributed by atoms with Crippen molar-refractivity contribution in [1.82, 2.24) is 10.2 Å². The smallest absolute Gasteiger partial charge is 0.230 e. The summed E-state index contributed by atoms with van der Waals surface area (Å²) < 4.78 is 0. The molecule has 0 radical (unpaired) electrons. The summed E-state index contributed by atoms with van der Waals surface area (Å²) in [6.45, 7) is 9.65. The maximum absolute atomic E-state index is 13.1. The van der Waals surface area contributed by atoms with E-state index >= 15 is 0 Å². The first-order chi connectivity index (χ1) is 9.10. The summed E-state index contributed by atoms with van der Waals surface area (Å²) in [6, 6.07) is 0.475. The summed E-state index contributed by atoms with van der Waals surface area (Å²) in [7, 11) is 0. The third-order valence-corrected chi connectivity index (χ3v) is 4.98. The van der Waals surface area contributed by atoms with Gasteiger partial charge in [-0.25, -0.2) is 0 Å². The third kappa shape index (κ3) is 2.96. The van der Waals surface area contributed by atoms with Crippen LogP contribution in [-0.2, 0) is 4.79 Å². The van der Waals surface area contributed by atoms with Gasteiger partial charge in [-0.2, -0.15) is 0 Å². The van der Waals surface area contributed by atoms with E-state index in [0.717, 1.165) is 45.3 Å². The Labute approximate surface area is 118 Å². The molecule has 1 amide bonds. The zero-order chi connectivity index (χ0) is 13.9. The van der Waals surface area contributed by atoms with Crippen LogP contribution in [0.3, 0.4) is 0 Å². The van der Waals surface area contributed by atoms with Crippen LogP contribution in [0.1, 0.15) is 59.3 Å². The molecule has 0 aromatic rings. The summed E-state index contributed by atoms with van der Waals surface area (Å²) >= 11 is 0. The van der Waals surface area contributed by atoms with Gasteiger partial charge in [-0.3, -0.25) is 4.79 Å². The van der Waals surface area contributed by atoms with Crippen molar-refractivity contribution >= 4 is 5.91 Å². The molecule has 0 aromatic carbocycles. The molecule has 1 N–H and O–H groups in total. The lowest BCUT2D eigenvalue weighted by Gasteiger charge is -2.41. The van der Waals surface area contributed by atoms with Crippen LogP contribution in [0, 0.1) is 11.3 Å². The number of likely N-dealkylation sites (tertiary alicyclic amines) is 1. The van der Waals surface area contributed by atoms with E-state index in [4.69, 9.17) is 0 Å². The van der Waals surface area contributed by atoms with E-state index in [2.05, 4.69) is 31.0 Å². The fourth-order valence-corrected chi connectivity index (χ4v) is 3.99. The molecule has 2 unspecified atom stereocenters. The fraction of sp³-hybridized carbons (Fsp3) is 0.938. The second-order valence-electron chi connectivity index (χ2n) is 6.76. The van der Waals surface area contributed by atoms with Gasteiger partial charge >= 0.3 is 0 Å². The molecule has 0 spiro atoms. The monoisotopic (exact) mass is 266 g/mol. The number of amides is 1. The van der Waals surface area contributed by atoms with Gasteiger partial charge in [0.1, 0.15) is 0 Å². The highest BCUT2D eigenvalue weighted by atomic mass is 16.2. The highest BCUT2D eigenvalue weighted by Crippen LogP contribution is 2.37. The second kappa shape index (κ2) is 6.25. The minimum absolute atomic E-state index is 0.107. The minimum atomic E-state index is -0.107. The van der Waals surface area contributed by atoms with Crippen LogP contribution in [0.4, 0.5) is 0 Å². The lowest BCUT2D eigenvalue weighted by atomic mass is 9.75. The van der Waals surface area contributed by atoms with Crippen molar-refractivity contribution in [3.05, 3.63) is 0 Å². The molecule has 2 fully saturated rings. The Morgan fingerprint density at radius 3 is 2.79 bits per heavy atom. The topological polar surface area (TPSA) is 32.3 Å². The molecule has 19 heavy (non-hydrogen) atoms. The summed E-state index contributed by atoms with van der Waals surface area (Å²) in [6.07, 6.45) is 6.75. The molecule has 2 rings (SSSR count). The molecule has 3 heteroatoms. The van der Waals surface area contributed by atoms with Crippen LogP contribution < -0.4 is 5.32 Å². The molecule has 3 nitrogen and oxygen atoms in total. The van der Waals surface area contributed by atoms with Gasteiger partial charge in [0.2, 0.25) is 5.91 Å². The molecule has 0 bridgehead atoms. The molecule has 2 heterocycles. The molecule has 2 saturated heterocycles. The van der Waals surface area contributed by atoms with Crippen molar-refractivity contribution in [2.75, 3.05) is 19.6 Å². The maximum Gasteiger partial charge on any atom is 0.230 e. The minimum Gasteiger partial charge on any atom is -0.339 e. The zero-order valence-electron chi connectivity index (χ0n) is 12.9. The molecular weight excluding hydrogens is 236 g/mol. The normalized spacial score (nSPS) is 32.0. The average Bonchev–Trinajstić information content (AvgIpc) is 2.88. The lowest BCUT2D eigenvalue weighted by molar-refractivity contribution is -0.145. The fourth-order valence-electron chi connectivity index (χ4n) is 3.99. The summed E-state index contributed by atoms with van der Waals surface area (Å²) in [5.41, 5.74) is -0.107. The number of nitrogens with one attached hydrogen (secondary N) is 1. The van der Waals surface area contributed by atoms with E-state index < -0.39 is 0 Å². The van der Waals surface area contributed by atoms with Gasteiger partial charge in [-0.1, -0.05) is 27.2 Å². The number of carbonyl (C=O) groups is 1. The number of nitrogens with zero attached hydrogens (tertiary/aromatic N) is 1. The molecular formula is C16H30N2O. The SMILES string of the molecule is CCCC1(C(=O)N2CCCC2C(C)C)CCCNC1. The Morgan fingerprint density at radius 2 is 2.21 bits per heavy atom. The summed E-state index contributed by atoms with van der Waals surface area (Å²) in [5.74, 6) is 1.03. The average molecular weight is 266 g/mol. The van der Waals surface area contributed by atoms with Crippen LogP contribution in [0.5, 0.6) is 0 Å². The van der Waals surface area contributed by atoms with E-state index in [0.29, 0.717) is 17.9 Å². The van der Waals surface area contributed by atoms with Gasteiger partial charge in [0.05, 0.1) is 5.41 Å². The van der Waals surface area contributed by atoms with Crippen molar-refractivity contribution in [3.63, 3.8) is 0 Å². The Hall–Kier alpha value is -0.570. The highest BCUT2D eigenvalue weighted by molar-refractivity contribution is 5.83. The number of hydrogen-bond acceptors (Lipinski definition) is 2. The quantitative estimate of drug-likeness (QED) is 0.848. The molecule has 2 atom stereocenters. The van der Waals surface area contributed by atoms with Crippen molar-refractivity contribution in [2.24, 2.45) is 11.3 Å². The van der Waals surface area contributed by atoms with Crippen LogP contribution in [0.2, 0.25) is 0 Å². The Morgan fingerprint density at radius 1 is 1.42 bits per heavy atom. The first-order valence-corrected chi connectivity index (χ1v) is 8.12. The Kier molecular flexibility index (Phi) is 4.88. The van der Waals surface area contributed by atoms with E-state index in [-0.39, 0.29) is 5.41 Å². The molecule has 0 saturated carbocycles. The second-order valence-corrected chi connectivity index (χ2v) is 6.76. The van der Waals surface area contributed by atoms with Gasteiger partial charge in [0.25, 0.3) is 0 Å². The predicted molar refractivity (Wildman–Crippen MR) is 79.0 cm³/mol. The highest BCUT2D eigenvalue weighted by Gasteiger charge is 2.44. The van der Waals surface area contributed by atoms with Crippen LogP contribution in [-0.4, -0.2) is 36.5 Å². The van der Waals surface area contributed by atoms with Gasteiger partial charge in [0.15, 0.2) is 0 Å². The van der Waals surface area contributed by atoms with Gasteiger partial charge in [0, 0.05) is 19.1 Å². The van der Waals surface area contributed by atoms with Gasteiger partial charge < -0.3 is 10.2 Å². The van der Waals surface area contributed by atoms with E-state index in [1.165, 1.54) is 12.8 Å². The summed E-state index contributed by atoms with van der Waals surface area (Å²) in [4.78, 5) is 15.3. The van der Waals surface area contributed by atoms with Gasteiger partial charge in [-0.05, 0) is 44.6 Å². The molecule has 2 aliphatic rings. The van der Waals surface area contributed by atoms with E-state index in [1.54, 1.807) is 0 Å². The predicted octanol–water partition coefficient (Wildman–Crippen LogP) is 2.80. The summed E-state index contributed by atoms with van der Waals surface area (Å²) in [5, 5.41) is 3.46. The number of carbonyl (C=O) groups excluding carboxylic acids is 1. The first kappa shape index (κ1) is 14.8. The Balaban J connectivity index is 2.14. The van der Waals surface area contributed by atoms with E-state index in [9.17, 15) is 4.79 Å². The standard InChI is InChI=1S/C16H30N2O/c1-4-8-16(9-6-10-17-12-16)15(19)18-11-5-7-14(18)13(2)3/h13-14,17H,4-12H2,1-3H3. The van der Waals surface area contributed by atoms with Crippen LogP contribution in [0.25, 0.3) is 0 Å². The largest absolute Gasteiger partial charge is 0.339 e. The van der Waals surface area contributed by atoms with Crippen molar-refractivity contribution in [3.8, 4) is 0 Å². The molecule has 0 aromatic heterocycles. The Bertz CT molecular complexity index is 302. The van der Waals surface area contributed by atoms with Crippen molar-refractivity contribution < 1.29 is 4.79 Å². The number of piperidine rings is 1. The van der Waals surface area contributed by atoms with Crippen LogP contribution >= 0.6 is 0 Å². The molecule has 110 valence electrons. The van der Waals surface area contributed by atoms with Crippen molar-refractivity contribution in [2.45, 2.75) is 65.3 Å². The van der Waals surface area contributed by atoms with Crippen LogP contribution in [0.15, 0.2) is 0 Å². The first-order valence-electron chi connectivity index (χ1n) is 8.12. The molecule has 2 aliphatic heterocycles. The number of rotatable bonds is 4. The van der Waals surface area contributed by atoms with E-state index in [1.807, 2.05) is 0 Å². The lowest BCUT2D eigenvalue weighted by Crippen LogP contribution is -2.53. The maximum atomic E-state index is 13.1.